The molecule has 0 aliphatic carbocycles. The summed E-state index contributed by atoms with van der Waals surface area (Å²) in [5.41, 5.74) is 2.41. The maximum Gasteiger partial charge on any atom is 0.218 e. The molecule has 3 N–H and O–H groups in total. The Balaban J connectivity index is 2.84. The van der Waals surface area contributed by atoms with Gasteiger partial charge in [-0.25, -0.2) is 10.8 Å². The third-order valence-corrected chi connectivity index (χ3v) is 2.47. The zero-order chi connectivity index (χ0) is 13.8. The molecule has 18 heavy (non-hydrogen) atoms. The van der Waals surface area contributed by atoms with Crippen molar-refractivity contribution in [3.05, 3.63) is 11.9 Å². The molecule has 0 bridgehead atoms. The maximum atomic E-state index is 5.65. The Kier molecular flexibility index (Phi) is 4.90. The Bertz CT molecular complexity index is 385. The van der Waals surface area contributed by atoms with Crippen LogP contribution < -0.4 is 16.0 Å². The molecule has 0 spiro atoms. The SMILES string of the molecule is CC(C)CCOc1cc(NN)nc(C(C)(C)C)n1. The molecule has 0 aromatic carbocycles. The van der Waals surface area contributed by atoms with Crippen molar-refractivity contribution in [1.82, 2.24) is 9.97 Å². The summed E-state index contributed by atoms with van der Waals surface area (Å²) in [6.45, 7) is 11.2. The molecule has 5 heteroatoms. The third kappa shape index (κ3) is 4.49. The Hall–Kier alpha value is -1.36. The molecule has 0 saturated heterocycles. The second-order valence-electron chi connectivity index (χ2n) is 5.84. The second kappa shape index (κ2) is 6.00. The molecular formula is C13H24N4O. The zero-order valence-corrected chi connectivity index (χ0v) is 11.9. The summed E-state index contributed by atoms with van der Waals surface area (Å²) in [6.07, 6.45) is 1.00. The molecule has 5 nitrogen and oxygen atoms in total. The van der Waals surface area contributed by atoms with E-state index in [0.29, 0.717) is 24.2 Å². The van der Waals surface area contributed by atoms with Gasteiger partial charge in [0.05, 0.1) is 6.61 Å². The number of ether oxygens (including phenoxy) is 1. The first-order valence-electron chi connectivity index (χ1n) is 6.32. The lowest BCUT2D eigenvalue weighted by Gasteiger charge is -2.18. The Morgan fingerprint density at radius 1 is 1.33 bits per heavy atom. The smallest absolute Gasteiger partial charge is 0.218 e. The summed E-state index contributed by atoms with van der Waals surface area (Å²) >= 11 is 0. The molecule has 1 rings (SSSR count). The van der Waals surface area contributed by atoms with Gasteiger partial charge in [0.1, 0.15) is 11.6 Å². The van der Waals surface area contributed by atoms with Gasteiger partial charge in [-0.15, -0.1) is 0 Å². The lowest BCUT2D eigenvalue weighted by Crippen LogP contribution is -2.19. The number of nitrogens with one attached hydrogen (secondary N) is 1. The maximum absolute atomic E-state index is 5.65. The van der Waals surface area contributed by atoms with Gasteiger partial charge in [-0.3, -0.25) is 0 Å². The number of nitrogens with zero attached hydrogens (tertiary/aromatic N) is 2. The Labute approximate surface area is 109 Å². The van der Waals surface area contributed by atoms with Crippen LogP contribution >= 0.6 is 0 Å². The van der Waals surface area contributed by atoms with E-state index in [0.717, 1.165) is 12.2 Å². The summed E-state index contributed by atoms with van der Waals surface area (Å²) in [4.78, 5) is 8.76. The quantitative estimate of drug-likeness (QED) is 0.622. The molecule has 1 aromatic heterocycles. The predicted octanol–water partition coefficient (Wildman–Crippen LogP) is 2.48. The number of nitrogen functional groups attached to an aromatic ring is 1. The van der Waals surface area contributed by atoms with E-state index in [2.05, 4.69) is 50.0 Å². The Morgan fingerprint density at radius 2 is 2.00 bits per heavy atom. The number of hydrogen-bond acceptors (Lipinski definition) is 5. The molecule has 1 heterocycles. The fourth-order valence-corrected chi connectivity index (χ4v) is 1.31. The van der Waals surface area contributed by atoms with Gasteiger partial charge < -0.3 is 10.2 Å². The minimum absolute atomic E-state index is 0.136. The number of rotatable bonds is 5. The Morgan fingerprint density at radius 3 is 2.50 bits per heavy atom. The average molecular weight is 252 g/mol. The minimum Gasteiger partial charge on any atom is -0.478 e. The third-order valence-electron chi connectivity index (χ3n) is 2.47. The van der Waals surface area contributed by atoms with E-state index in [4.69, 9.17) is 10.6 Å². The van der Waals surface area contributed by atoms with E-state index in [1.165, 1.54) is 0 Å². The molecule has 0 saturated carbocycles. The van der Waals surface area contributed by atoms with Crippen molar-refractivity contribution in [3.8, 4) is 5.88 Å². The summed E-state index contributed by atoms with van der Waals surface area (Å²) in [7, 11) is 0. The number of anilines is 1. The topological polar surface area (TPSA) is 73.1 Å². The summed E-state index contributed by atoms with van der Waals surface area (Å²) < 4.78 is 5.65. The van der Waals surface area contributed by atoms with Crippen LogP contribution in [0.25, 0.3) is 0 Å². The lowest BCUT2D eigenvalue weighted by atomic mass is 9.96. The van der Waals surface area contributed by atoms with Crippen molar-refractivity contribution in [2.75, 3.05) is 12.0 Å². The van der Waals surface area contributed by atoms with E-state index >= 15 is 0 Å². The largest absolute Gasteiger partial charge is 0.478 e. The van der Waals surface area contributed by atoms with Crippen LogP contribution in [-0.2, 0) is 5.41 Å². The summed E-state index contributed by atoms with van der Waals surface area (Å²) in [5, 5.41) is 0. The average Bonchev–Trinajstić information content (AvgIpc) is 2.27. The van der Waals surface area contributed by atoms with Gasteiger partial charge >= 0.3 is 0 Å². The van der Waals surface area contributed by atoms with Crippen LogP contribution in [0.4, 0.5) is 5.82 Å². The molecular weight excluding hydrogens is 228 g/mol. The van der Waals surface area contributed by atoms with Crippen LogP contribution in [0.1, 0.15) is 46.9 Å². The van der Waals surface area contributed by atoms with Crippen LogP contribution in [0, 0.1) is 5.92 Å². The summed E-state index contributed by atoms with van der Waals surface area (Å²) in [5.74, 6) is 7.89. The van der Waals surface area contributed by atoms with Crippen molar-refractivity contribution < 1.29 is 4.74 Å². The van der Waals surface area contributed by atoms with Crippen molar-refractivity contribution in [2.24, 2.45) is 11.8 Å². The number of aromatic nitrogens is 2. The monoisotopic (exact) mass is 252 g/mol. The van der Waals surface area contributed by atoms with E-state index in [-0.39, 0.29) is 5.41 Å². The van der Waals surface area contributed by atoms with Crippen LogP contribution in [-0.4, -0.2) is 16.6 Å². The van der Waals surface area contributed by atoms with Gasteiger partial charge in [-0.05, 0) is 12.3 Å². The van der Waals surface area contributed by atoms with Crippen molar-refractivity contribution >= 4 is 5.82 Å². The standard InChI is InChI=1S/C13H24N4O/c1-9(2)6-7-18-11-8-10(17-14)15-12(16-11)13(3,4)5/h8-9H,6-7,14H2,1-5H3,(H,15,16,17). The molecule has 0 fully saturated rings. The molecule has 0 amide bonds. The lowest BCUT2D eigenvalue weighted by molar-refractivity contribution is 0.276. The highest BCUT2D eigenvalue weighted by atomic mass is 16.5. The van der Waals surface area contributed by atoms with Crippen LogP contribution in [0.15, 0.2) is 6.07 Å². The zero-order valence-electron chi connectivity index (χ0n) is 11.9. The highest BCUT2D eigenvalue weighted by molar-refractivity contribution is 5.37. The molecule has 1 aromatic rings. The highest BCUT2D eigenvalue weighted by Crippen LogP contribution is 2.23. The van der Waals surface area contributed by atoms with E-state index in [9.17, 15) is 0 Å². The van der Waals surface area contributed by atoms with Gasteiger partial charge in [0, 0.05) is 11.5 Å². The van der Waals surface area contributed by atoms with Gasteiger partial charge in [-0.2, -0.15) is 4.98 Å². The molecule has 102 valence electrons. The van der Waals surface area contributed by atoms with Crippen molar-refractivity contribution in [2.45, 2.75) is 46.5 Å². The van der Waals surface area contributed by atoms with Gasteiger partial charge in [0.2, 0.25) is 5.88 Å². The normalized spacial score (nSPS) is 11.7. The number of nitrogens with two attached hydrogens (primary N) is 1. The molecule has 0 radical (unpaired) electrons. The fraction of sp³-hybridized carbons (Fsp3) is 0.692. The fourth-order valence-electron chi connectivity index (χ4n) is 1.31. The first-order chi connectivity index (χ1) is 8.32. The predicted molar refractivity (Wildman–Crippen MR) is 73.5 cm³/mol. The first kappa shape index (κ1) is 14.7. The first-order valence-corrected chi connectivity index (χ1v) is 6.32. The van der Waals surface area contributed by atoms with Gasteiger partial charge in [0.15, 0.2) is 0 Å². The number of hydrogen-bond donors (Lipinski definition) is 2. The molecule has 0 aliphatic rings. The molecule has 0 aliphatic heterocycles. The van der Waals surface area contributed by atoms with E-state index in [1.54, 1.807) is 6.07 Å². The van der Waals surface area contributed by atoms with E-state index in [1.807, 2.05) is 0 Å². The minimum atomic E-state index is -0.136. The number of hydrazine groups is 1. The van der Waals surface area contributed by atoms with Gasteiger partial charge in [0.25, 0.3) is 0 Å². The molecule has 0 unspecified atom stereocenters. The van der Waals surface area contributed by atoms with Crippen LogP contribution in [0.2, 0.25) is 0 Å². The van der Waals surface area contributed by atoms with Crippen molar-refractivity contribution in [1.29, 1.82) is 0 Å². The summed E-state index contributed by atoms with van der Waals surface area (Å²) in [6, 6.07) is 1.72. The van der Waals surface area contributed by atoms with Crippen LogP contribution in [0.3, 0.4) is 0 Å². The van der Waals surface area contributed by atoms with E-state index < -0.39 is 0 Å². The second-order valence-corrected chi connectivity index (χ2v) is 5.84. The van der Waals surface area contributed by atoms with Crippen molar-refractivity contribution in [3.63, 3.8) is 0 Å². The van der Waals surface area contributed by atoms with Crippen LogP contribution in [0.5, 0.6) is 5.88 Å². The van der Waals surface area contributed by atoms with Gasteiger partial charge in [-0.1, -0.05) is 34.6 Å². The highest BCUT2D eigenvalue weighted by Gasteiger charge is 2.19. The molecule has 0 atom stereocenters.